The predicted octanol–water partition coefficient (Wildman–Crippen LogP) is -3.25. The Bertz CT molecular complexity index is 521. The van der Waals surface area contributed by atoms with Gasteiger partial charge in [0.15, 0.2) is 0 Å². The normalized spacial score (nSPS) is 28.3. The third-order valence-corrected chi connectivity index (χ3v) is 3.14. The van der Waals surface area contributed by atoms with Gasteiger partial charge in [-0.15, -0.1) is 0 Å². The summed E-state index contributed by atoms with van der Waals surface area (Å²) in [5.41, 5.74) is 0. The van der Waals surface area contributed by atoms with Crippen molar-refractivity contribution >= 4 is 29.5 Å². The first-order chi connectivity index (χ1) is 10.7. The summed E-state index contributed by atoms with van der Waals surface area (Å²) in [6, 6.07) is -2.62. The van der Waals surface area contributed by atoms with Crippen molar-refractivity contribution in [1.82, 2.24) is 26.6 Å². The van der Waals surface area contributed by atoms with E-state index in [9.17, 15) is 24.0 Å². The molecule has 0 unspecified atom stereocenters. The maximum absolute atomic E-state index is 11.9. The summed E-state index contributed by atoms with van der Waals surface area (Å²) in [5, 5.41) is 11.9. The SMILES string of the molecule is C[C@@H]1NC(=O)CNC(=O)[C@H](C)NC(=O)[C@H](C)NC(=O)CNC1=O. The molecular formula is C13H21N5O5. The van der Waals surface area contributed by atoms with E-state index in [-0.39, 0.29) is 13.1 Å². The second-order valence-electron chi connectivity index (χ2n) is 5.24. The van der Waals surface area contributed by atoms with Crippen LogP contribution in [0.25, 0.3) is 0 Å². The minimum absolute atomic E-state index is 0.330. The minimum Gasteiger partial charge on any atom is -0.345 e. The highest BCUT2D eigenvalue weighted by Gasteiger charge is 2.23. The topological polar surface area (TPSA) is 146 Å². The molecule has 23 heavy (non-hydrogen) atoms. The van der Waals surface area contributed by atoms with E-state index in [1.165, 1.54) is 20.8 Å². The lowest BCUT2D eigenvalue weighted by Crippen LogP contribution is -2.53. The van der Waals surface area contributed by atoms with E-state index in [0.29, 0.717) is 0 Å². The quantitative estimate of drug-likeness (QED) is 0.317. The number of carbonyl (C=O) groups is 5. The zero-order valence-electron chi connectivity index (χ0n) is 13.2. The number of carbonyl (C=O) groups excluding carboxylic acids is 5. The van der Waals surface area contributed by atoms with Gasteiger partial charge < -0.3 is 26.6 Å². The van der Waals surface area contributed by atoms with E-state index in [1.54, 1.807) is 0 Å². The van der Waals surface area contributed by atoms with E-state index < -0.39 is 47.7 Å². The minimum atomic E-state index is -0.878. The molecule has 0 aromatic rings. The van der Waals surface area contributed by atoms with E-state index in [0.717, 1.165) is 0 Å². The zero-order valence-corrected chi connectivity index (χ0v) is 13.2. The molecule has 1 aliphatic heterocycles. The predicted molar refractivity (Wildman–Crippen MR) is 78.8 cm³/mol. The summed E-state index contributed by atoms with van der Waals surface area (Å²) in [6.45, 7) is 3.69. The molecule has 0 radical (unpaired) electrons. The molecular weight excluding hydrogens is 306 g/mol. The smallest absolute Gasteiger partial charge is 0.242 e. The maximum atomic E-state index is 11.9. The van der Waals surface area contributed by atoms with Gasteiger partial charge in [0.05, 0.1) is 13.1 Å². The highest BCUT2D eigenvalue weighted by atomic mass is 16.2. The van der Waals surface area contributed by atoms with Gasteiger partial charge in [0.1, 0.15) is 18.1 Å². The van der Waals surface area contributed by atoms with Crippen LogP contribution in [0.1, 0.15) is 20.8 Å². The first-order valence-corrected chi connectivity index (χ1v) is 7.15. The highest BCUT2D eigenvalue weighted by molar-refractivity contribution is 5.95. The van der Waals surface area contributed by atoms with Crippen molar-refractivity contribution in [1.29, 1.82) is 0 Å². The molecule has 5 amide bonds. The number of nitrogens with one attached hydrogen (secondary N) is 5. The fourth-order valence-corrected chi connectivity index (χ4v) is 1.76. The Labute approximate surface area is 133 Å². The molecule has 1 aliphatic rings. The summed E-state index contributed by atoms with van der Waals surface area (Å²) in [5.74, 6) is -2.79. The molecule has 1 fully saturated rings. The Hall–Kier alpha value is -2.65. The Morgan fingerprint density at radius 1 is 0.609 bits per heavy atom. The van der Waals surface area contributed by atoms with Crippen LogP contribution in [0.2, 0.25) is 0 Å². The lowest BCUT2D eigenvalue weighted by molar-refractivity contribution is -0.131. The molecule has 5 N–H and O–H groups in total. The van der Waals surface area contributed by atoms with Crippen LogP contribution in [0.5, 0.6) is 0 Å². The van der Waals surface area contributed by atoms with E-state index in [1.807, 2.05) is 0 Å². The summed E-state index contributed by atoms with van der Waals surface area (Å²) in [7, 11) is 0. The number of amides is 5. The molecule has 1 heterocycles. The van der Waals surface area contributed by atoms with Crippen LogP contribution in [0.15, 0.2) is 0 Å². The Kier molecular flexibility index (Phi) is 6.49. The molecule has 0 bridgehead atoms. The molecule has 1 saturated heterocycles. The van der Waals surface area contributed by atoms with Crippen LogP contribution in [0.3, 0.4) is 0 Å². The second-order valence-corrected chi connectivity index (χ2v) is 5.24. The monoisotopic (exact) mass is 327 g/mol. The van der Waals surface area contributed by atoms with Crippen molar-refractivity contribution in [2.24, 2.45) is 0 Å². The van der Waals surface area contributed by atoms with Crippen LogP contribution in [-0.2, 0) is 24.0 Å². The largest absolute Gasteiger partial charge is 0.345 e. The van der Waals surface area contributed by atoms with Crippen molar-refractivity contribution in [3.8, 4) is 0 Å². The first kappa shape index (κ1) is 18.4. The van der Waals surface area contributed by atoms with Crippen molar-refractivity contribution < 1.29 is 24.0 Å². The third-order valence-electron chi connectivity index (χ3n) is 3.14. The zero-order chi connectivity index (χ0) is 17.6. The third kappa shape index (κ3) is 5.93. The molecule has 3 atom stereocenters. The Morgan fingerprint density at radius 3 is 1.39 bits per heavy atom. The lowest BCUT2D eigenvalue weighted by atomic mass is 10.2. The number of rotatable bonds is 0. The van der Waals surface area contributed by atoms with Gasteiger partial charge in [-0.1, -0.05) is 0 Å². The summed E-state index contributed by atoms with van der Waals surface area (Å²) in [6.07, 6.45) is 0. The highest BCUT2D eigenvalue weighted by Crippen LogP contribution is 1.89. The average Bonchev–Trinajstić information content (AvgIpc) is 2.48. The molecule has 0 aliphatic carbocycles. The van der Waals surface area contributed by atoms with Crippen LogP contribution in [0, 0.1) is 0 Å². The van der Waals surface area contributed by atoms with Crippen LogP contribution in [-0.4, -0.2) is 60.8 Å². The average molecular weight is 327 g/mol. The van der Waals surface area contributed by atoms with Gasteiger partial charge in [0.25, 0.3) is 0 Å². The Balaban J connectivity index is 2.83. The summed E-state index contributed by atoms with van der Waals surface area (Å²) in [4.78, 5) is 58.7. The van der Waals surface area contributed by atoms with Crippen molar-refractivity contribution in [3.05, 3.63) is 0 Å². The first-order valence-electron chi connectivity index (χ1n) is 7.15. The maximum Gasteiger partial charge on any atom is 0.242 e. The van der Waals surface area contributed by atoms with Gasteiger partial charge >= 0.3 is 0 Å². The van der Waals surface area contributed by atoms with E-state index in [2.05, 4.69) is 26.6 Å². The van der Waals surface area contributed by atoms with Crippen molar-refractivity contribution in [3.63, 3.8) is 0 Å². The van der Waals surface area contributed by atoms with Crippen LogP contribution in [0.4, 0.5) is 0 Å². The van der Waals surface area contributed by atoms with E-state index >= 15 is 0 Å². The van der Waals surface area contributed by atoms with Crippen molar-refractivity contribution in [2.45, 2.75) is 38.9 Å². The van der Waals surface area contributed by atoms with Gasteiger partial charge in [-0.25, -0.2) is 0 Å². The van der Waals surface area contributed by atoms with Gasteiger partial charge in [-0.3, -0.25) is 24.0 Å². The fraction of sp³-hybridized carbons (Fsp3) is 0.615. The molecule has 0 saturated carbocycles. The molecule has 0 aromatic heterocycles. The second kappa shape index (κ2) is 8.11. The van der Waals surface area contributed by atoms with Gasteiger partial charge in [0.2, 0.25) is 29.5 Å². The molecule has 0 aromatic carbocycles. The Morgan fingerprint density at radius 2 is 0.957 bits per heavy atom. The molecule has 10 nitrogen and oxygen atoms in total. The van der Waals surface area contributed by atoms with Crippen LogP contribution >= 0.6 is 0 Å². The summed E-state index contributed by atoms with van der Waals surface area (Å²) >= 11 is 0. The summed E-state index contributed by atoms with van der Waals surface area (Å²) < 4.78 is 0. The lowest BCUT2D eigenvalue weighted by Gasteiger charge is -2.18. The molecule has 10 heteroatoms. The number of hydrogen-bond donors (Lipinski definition) is 5. The molecule has 1 rings (SSSR count). The van der Waals surface area contributed by atoms with Crippen molar-refractivity contribution in [2.75, 3.05) is 13.1 Å². The van der Waals surface area contributed by atoms with Crippen LogP contribution < -0.4 is 26.6 Å². The molecule has 128 valence electrons. The van der Waals surface area contributed by atoms with Gasteiger partial charge in [0, 0.05) is 0 Å². The van der Waals surface area contributed by atoms with Gasteiger partial charge in [-0.2, -0.15) is 0 Å². The molecule has 0 spiro atoms. The fourth-order valence-electron chi connectivity index (χ4n) is 1.76. The van der Waals surface area contributed by atoms with E-state index in [4.69, 9.17) is 0 Å². The van der Waals surface area contributed by atoms with Gasteiger partial charge in [-0.05, 0) is 20.8 Å². The standard InChI is InChI=1S/C13H21N5O5/c1-6-11(21)14-5-10(20)17-8(3)13(23)18-7(2)12(22)15-4-9(19)16-6/h6-8H,4-5H2,1-3H3,(H,14,21)(H,15,22)(H,16,19)(H,17,20)(H,18,23)/t6-,7-,8-/m0/s1. The number of hydrogen-bond acceptors (Lipinski definition) is 5.